The first kappa shape index (κ1) is 14.1. The third kappa shape index (κ3) is 3.09. The first-order valence-electron chi connectivity index (χ1n) is 7.11. The molecular formula is C16H19N3OS. The Bertz CT molecular complexity index is 673. The first-order valence-corrected chi connectivity index (χ1v) is 7.99. The van der Waals surface area contributed by atoms with E-state index < -0.39 is 0 Å². The van der Waals surface area contributed by atoms with E-state index in [9.17, 15) is 0 Å². The molecule has 0 saturated carbocycles. The van der Waals surface area contributed by atoms with Gasteiger partial charge >= 0.3 is 0 Å². The van der Waals surface area contributed by atoms with E-state index in [0.29, 0.717) is 6.61 Å². The molecule has 0 aliphatic carbocycles. The molecule has 0 aliphatic heterocycles. The lowest BCUT2D eigenvalue weighted by atomic mass is 10.0. The zero-order valence-electron chi connectivity index (χ0n) is 12.2. The summed E-state index contributed by atoms with van der Waals surface area (Å²) in [4.78, 5) is 5.70. The largest absolute Gasteiger partial charge is 0.494 e. The van der Waals surface area contributed by atoms with E-state index in [4.69, 9.17) is 4.74 Å². The molecule has 110 valence electrons. The highest BCUT2D eigenvalue weighted by Gasteiger charge is 2.13. The Balaban J connectivity index is 1.76. The lowest BCUT2D eigenvalue weighted by molar-refractivity contribution is 0.340. The number of hydrogen-bond donors (Lipinski definition) is 1. The van der Waals surface area contributed by atoms with Crippen LogP contribution in [0, 0.1) is 0 Å². The number of ether oxygens (including phenoxy) is 1. The summed E-state index contributed by atoms with van der Waals surface area (Å²) in [6, 6.07) is 8.53. The van der Waals surface area contributed by atoms with Crippen LogP contribution in [0.1, 0.15) is 24.2 Å². The van der Waals surface area contributed by atoms with Crippen LogP contribution in [0.4, 0.5) is 0 Å². The fraction of sp³-hybridized carbons (Fsp3) is 0.312. The number of likely N-dealkylation sites (N-methyl/N-ethyl adjacent to an activating group) is 1. The molecule has 1 unspecified atom stereocenters. The molecule has 5 heteroatoms. The Morgan fingerprint density at radius 3 is 2.81 bits per heavy atom. The zero-order chi connectivity index (χ0) is 14.7. The van der Waals surface area contributed by atoms with Crippen molar-refractivity contribution in [3.05, 3.63) is 53.3 Å². The van der Waals surface area contributed by atoms with Gasteiger partial charge in [0.05, 0.1) is 12.3 Å². The van der Waals surface area contributed by atoms with Crippen LogP contribution in [-0.2, 0) is 6.42 Å². The van der Waals surface area contributed by atoms with E-state index in [1.54, 1.807) is 11.3 Å². The van der Waals surface area contributed by atoms with E-state index in [0.717, 1.165) is 22.8 Å². The minimum Gasteiger partial charge on any atom is -0.494 e. The van der Waals surface area contributed by atoms with Gasteiger partial charge in [-0.05, 0) is 31.7 Å². The highest BCUT2D eigenvalue weighted by Crippen LogP contribution is 2.22. The summed E-state index contributed by atoms with van der Waals surface area (Å²) >= 11 is 1.66. The number of thiazole rings is 1. The van der Waals surface area contributed by atoms with Gasteiger partial charge in [0.15, 0.2) is 4.96 Å². The van der Waals surface area contributed by atoms with Crippen LogP contribution in [0.2, 0.25) is 0 Å². The molecule has 1 N–H and O–H groups in total. The van der Waals surface area contributed by atoms with Crippen molar-refractivity contribution in [3.8, 4) is 5.75 Å². The van der Waals surface area contributed by atoms with Crippen molar-refractivity contribution >= 4 is 16.3 Å². The van der Waals surface area contributed by atoms with Crippen LogP contribution in [0.3, 0.4) is 0 Å². The maximum atomic E-state index is 5.49. The summed E-state index contributed by atoms with van der Waals surface area (Å²) in [5.74, 6) is 0.915. The van der Waals surface area contributed by atoms with Crippen molar-refractivity contribution in [3.63, 3.8) is 0 Å². The zero-order valence-corrected chi connectivity index (χ0v) is 13.1. The molecule has 3 rings (SSSR count). The highest BCUT2D eigenvalue weighted by molar-refractivity contribution is 7.15. The van der Waals surface area contributed by atoms with Gasteiger partial charge in [-0.25, -0.2) is 4.98 Å². The quantitative estimate of drug-likeness (QED) is 0.759. The molecular weight excluding hydrogens is 282 g/mol. The van der Waals surface area contributed by atoms with E-state index in [2.05, 4.69) is 33.0 Å². The second-order valence-corrected chi connectivity index (χ2v) is 5.75. The molecule has 0 radical (unpaired) electrons. The van der Waals surface area contributed by atoms with Gasteiger partial charge in [0, 0.05) is 30.2 Å². The van der Waals surface area contributed by atoms with Crippen LogP contribution < -0.4 is 10.1 Å². The smallest absolute Gasteiger partial charge is 0.193 e. The Morgan fingerprint density at radius 2 is 2.14 bits per heavy atom. The Labute approximate surface area is 128 Å². The number of hydrogen-bond acceptors (Lipinski definition) is 4. The number of fused-ring (bicyclic) bond motifs is 1. The number of benzene rings is 1. The fourth-order valence-electron chi connectivity index (χ4n) is 2.43. The average Bonchev–Trinajstić information content (AvgIpc) is 3.07. The topological polar surface area (TPSA) is 38.6 Å². The van der Waals surface area contributed by atoms with E-state index in [1.807, 2.05) is 37.7 Å². The normalized spacial score (nSPS) is 12.7. The minimum atomic E-state index is 0.255. The molecule has 0 saturated heterocycles. The van der Waals surface area contributed by atoms with Gasteiger partial charge in [-0.3, -0.25) is 4.40 Å². The standard InChI is InChI=1S/C16H19N3OS/c1-3-20-14-6-4-12(5-7-14)15(17-2)10-13-11-19-8-9-21-16(19)18-13/h4-9,11,15,17H,3,10H2,1-2H3. The van der Waals surface area contributed by atoms with Crippen LogP contribution in [-0.4, -0.2) is 23.0 Å². The van der Waals surface area contributed by atoms with E-state index >= 15 is 0 Å². The summed E-state index contributed by atoms with van der Waals surface area (Å²) in [5.41, 5.74) is 2.35. The Hall–Kier alpha value is -1.85. The number of nitrogens with zero attached hydrogens (tertiary/aromatic N) is 2. The molecule has 0 bridgehead atoms. The van der Waals surface area contributed by atoms with Crippen molar-refractivity contribution in [2.75, 3.05) is 13.7 Å². The summed E-state index contributed by atoms with van der Waals surface area (Å²) in [6.07, 6.45) is 5.02. The van der Waals surface area contributed by atoms with Crippen molar-refractivity contribution in [1.82, 2.24) is 14.7 Å². The number of aromatic nitrogens is 2. The molecule has 1 aromatic carbocycles. The average molecular weight is 301 g/mol. The monoisotopic (exact) mass is 301 g/mol. The molecule has 0 amide bonds. The SMILES string of the molecule is CCOc1ccc(C(Cc2cn3ccsc3n2)NC)cc1. The van der Waals surface area contributed by atoms with Crippen molar-refractivity contribution in [1.29, 1.82) is 0 Å². The van der Waals surface area contributed by atoms with Crippen molar-refractivity contribution in [2.45, 2.75) is 19.4 Å². The molecule has 4 nitrogen and oxygen atoms in total. The van der Waals surface area contributed by atoms with Crippen LogP contribution in [0.15, 0.2) is 42.0 Å². The van der Waals surface area contributed by atoms with Gasteiger partial charge in [-0.15, -0.1) is 11.3 Å². The van der Waals surface area contributed by atoms with Gasteiger partial charge in [0.25, 0.3) is 0 Å². The lowest BCUT2D eigenvalue weighted by Crippen LogP contribution is -2.18. The van der Waals surface area contributed by atoms with E-state index in [1.165, 1.54) is 5.56 Å². The van der Waals surface area contributed by atoms with Gasteiger partial charge in [0.1, 0.15) is 5.75 Å². The second kappa shape index (κ2) is 6.28. The highest BCUT2D eigenvalue weighted by atomic mass is 32.1. The minimum absolute atomic E-state index is 0.255. The Morgan fingerprint density at radius 1 is 1.33 bits per heavy atom. The molecule has 3 aromatic rings. The number of rotatable bonds is 6. The van der Waals surface area contributed by atoms with Crippen LogP contribution >= 0.6 is 11.3 Å². The summed E-state index contributed by atoms with van der Waals surface area (Å²) < 4.78 is 7.56. The first-order chi connectivity index (χ1) is 10.3. The fourth-order valence-corrected chi connectivity index (χ4v) is 3.15. The molecule has 0 spiro atoms. The van der Waals surface area contributed by atoms with Gasteiger partial charge in [-0.2, -0.15) is 0 Å². The molecule has 1 atom stereocenters. The van der Waals surface area contributed by atoms with Gasteiger partial charge in [-0.1, -0.05) is 12.1 Å². The molecule has 2 aromatic heterocycles. The lowest BCUT2D eigenvalue weighted by Gasteiger charge is -2.16. The van der Waals surface area contributed by atoms with Gasteiger partial charge in [0.2, 0.25) is 0 Å². The summed E-state index contributed by atoms with van der Waals surface area (Å²) in [6.45, 7) is 2.69. The summed E-state index contributed by atoms with van der Waals surface area (Å²) in [5, 5.41) is 5.42. The number of imidazole rings is 1. The van der Waals surface area contributed by atoms with Crippen molar-refractivity contribution < 1.29 is 4.74 Å². The second-order valence-electron chi connectivity index (χ2n) is 4.87. The van der Waals surface area contributed by atoms with E-state index in [-0.39, 0.29) is 6.04 Å². The maximum Gasteiger partial charge on any atom is 0.193 e. The molecule has 0 fully saturated rings. The molecule has 21 heavy (non-hydrogen) atoms. The molecule has 2 heterocycles. The predicted octanol–water partition coefficient (Wildman–Crippen LogP) is 3.30. The maximum absolute atomic E-state index is 5.49. The molecule has 0 aliphatic rings. The Kier molecular flexibility index (Phi) is 4.22. The number of nitrogens with one attached hydrogen (secondary N) is 1. The third-order valence-electron chi connectivity index (χ3n) is 3.50. The van der Waals surface area contributed by atoms with Gasteiger partial charge < -0.3 is 10.1 Å². The predicted molar refractivity (Wildman–Crippen MR) is 86.2 cm³/mol. The third-order valence-corrected chi connectivity index (χ3v) is 4.27. The summed E-state index contributed by atoms with van der Waals surface area (Å²) in [7, 11) is 1.99. The van der Waals surface area contributed by atoms with Crippen molar-refractivity contribution in [2.24, 2.45) is 0 Å². The van der Waals surface area contributed by atoms with Crippen LogP contribution in [0.25, 0.3) is 4.96 Å². The van der Waals surface area contributed by atoms with Crippen LogP contribution in [0.5, 0.6) is 5.75 Å².